The molecule has 1 aliphatic rings. The normalized spacial score (nSPS) is 26.1. The third-order valence-electron chi connectivity index (χ3n) is 5.76. The lowest BCUT2D eigenvalue weighted by Crippen LogP contribution is -2.60. The van der Waals surface area contributed by atoms with Crippen LogP contribution in [0.2, 0.25) is 0 Å². The van der Waals surface area contributed by atoms with E-state index in [1.165, 1.54) is 7.11 Å². The quantitative estimate of drug-likeness (QED) is 0.337. The maximum atomic E-state index is 12.7. The van der Waals surface area contributed by atoms with Crippen molar-refractivity contribution in [1.82, 2.24) is 0 Å². The summed E-state index contributed by atoms with van der Waals surface area (Å²) in [5.41, 5.74) is 0.386. The van der Waals surface area contributed by atoms with Crippen molar-refractivity contribution in [2.45, 2.75) is 50.5 Å². The molecular weight excluding hydrogens is 420 g/mol. The van der Waals surface area contributed by atoms with Crippen LogP contribution in [0.15, 0.2) is 39.5 Å². The molecule has 172 valence electrons. The van der Waals surface area contributed by atoms with Gasteiger partial charge in [-0.1, -0.05) is 13.8 Å². The highest BCUT2D eigenvalue weighted by molar-refractivity contribution is 6.06. The van der Waals surface area contributed by atoms with Gasteiger partial charge in [-0.2, -0.15) is 0 Å². The average molecular weight is 446 g/mol. The van der Waals surface area contributed by atoms with Crippen LogP contribution in [0.1, 0.15) is 25.3 Å². The van der Waals surface area contributed by atoms with E-state index in [4.69, 9.17) is 18.6 Å². The Labute approximate surface area is 183 Å². The van der Waals surface area contributed by atoms with Crippen molar-refractivity contribution in [2.75, 3.05) is 13.7 Å². The van der Waals surface area contributed by atoms with Gasteiger partial charge in [0.25, 0.3) is 0 Å². The number of hydrogen-bond donors (Lipinski definition) is 4. The Balaban J connectivity index is 1.83. The number of methoxy groups -OCH3 is 1. The van der Waals surface area contributed by atoms with Gasteiger partial charge in [-0.05, 0) is 36.2 Å². The molecule has 2 heterocycles. The molecule has 0 spiro atoms. The highest BCUT2D eigenvalue weighted by Crippen LogP contribution is 2.38. The van der Waals surface area contributed by atoms with Crippen LogP contribution < -0.4 is 15.1 Å². The molecular formula is C23H26O9. The fraction of sp³-hybridized carbons (Fsp3) is 0.435. The van der Waals surface area contributed by atoms with E-state index in [-0.39, 0.29) is 11.7 Å². The molecule has 4 N–H and O–H groups in total. The van der Waals surface area contributed by atoms with Crippen LogP contribution in [-0.2, 0) is 4.74 Å². The molecule has 0 radical (unpaired) electrons. The monoisotopic (exact) mass is 446 g/mol. The SMILES string of the molecule is COc1ccc2c(c1)c(=O)oc1c(C(C)C)c(O[C@@H]3O[C@H](CO)[C@@H](O)[C@H](O)[C@H]3O)ccc12. The molecule has 3 aromatic rings. The first-order valence-electron chi connectivity index (χ1n) is 10.3. The number of aliphatic hydroxyl groups excluding tert-OH is 4. The van der Waals surface area contributed by atoms with Crippen molar-refractivity contribution in [3.05, 3.63) is 46.3 Å². The van der Waals surface area contributed by atoms with Crippen LogP contribution >= 0.6 is 0 Å². The Hall–Kier alpha value is -2.69. The van der Waals surface area contributed by atoms with Crippen LogP contribution in [0.4, 0.5) is 0 Å². The molecule has 0 bridgehead atoms. The van der Waals surface area contributed by atoms with Crippen molar-refractivity contribution in [1.29, 1.82) is 0 Å². The van der Waals surface area contributed by atoms with Gasteiger partial charge in [0.05, 0.1) is 19.1 Å². The highest BCUT2D eigenvalue weighted by Gasteiger charge is 2.45. The zero-order chi connectivity index (χ0) is 23.2. The number of benzene rings is 2. The average Bonchev–Trinajstić information content (AvgIpc) is 2.78. The minimum Gasteiger partial charge on any atom is -0.497 e. The fourth-order valence-electron chi connectivity index (χ4n) is 4.04. The molecule has 1 aliphatic heterocycles. The van der Waals surface area contributed by atoms with Gasteiger partial charge in [0, 0.05) is 16.3 Å². The molecule has 9 heteroatoms. The molecule has 32 heavy (non-hydrogen) atoms. The third-order valence-corrected chi connectivity index (χ3v) is 5.76. The van der Waals surface area contributed by atoms with Gasteiger partial charge in [-0.25, -0.2) is 4.79 Å². The van der Waals surface area contributed by atoms with E-state index >= 15 is 0 Å². The van der Waals surface area contributed by atoms with E-state index in [9.17, 15) is 25.2 Å². The molecule has 9 nitrogen and oxygen atoms in total. The molecule has 0 saturated carbocycles. The van der Waals surface area contributed by atoms with E-state index in [1.54, 1.807) is 30.3 Å². The smallest absolute Gasteiger partial charge is 0.344 e. The summed E-state index contributed by atoms with van der Waals surface area (Å²) in [6.45, 7) is 3.23. The highest BCUT2D eigenvalue weighted by atomic mass is 16.7. The fourth-order valence-corrected chi connectivity index (χ4v) is 4.04. The van der Waals surface area contributed by atoms with Crippen molar-refractivity contribution in [3.8, 4) is 11.5 Å². The van der Waals surface area contributed by atoms with Crippen molar-refractivity contribution in [3.63, 3.8) is 0 Å². The largest absolute Gasteiger partial charge is 0.497 e. The summed E-state index contributed by atoms with van der Waals surface area (Å²) in [6, 6.07) is 8.57. The van der Waals surface area contributed by atoms with Crippen LogP contribution in [0.25, 0.3) is 21.7 Å². The summed E-state index contributed by atoms with van der Waals surface area (Å²) in [4.78, 5) is 12.7. The molecule has 0 unspecified atom stereocenters. The van der Waals surface area contributed by atoms with Gasteiger partial charge in [0.15, 0.2) is 0 Å². The molecule has 0 aliphatic carbocycles. The topological polar surface area (TPSA) is 139 Å². The standard InChI is InChI=1S/C23H26O9/c1-10(2)17-15(30-23-20(27)19(26)18(25)16(9-24)31-23)7-6-13-12-5-4-11(29-3)8-14(12)22(28)32-21(13)17/h4-8,10,16,18-20,23-27H,9H2,1-3H3/t16-,18-,19+,20-,23-/m1/s1. The predicted molar refractivity (Wildman–Crippen MR) is 115 cm³/mol. The molecule has 1 fully saturated rings. The number of ether oxygens (including phenoxy) is 3. The Morgan fingerprint density at radius 3 is 2.38 bits per heavy atom. The van der Waals surface area contributed by atoms with E-state index in [2.05, 4.69) is 0 Å². The summed E-state index contributed by atoms with van der Waals surface area (Å²) in [7, 11) is 1.52. The Morgan fingerprint density at radius 2 is 1.72 bits per heavy atom. The van der Waals surface area contributed by atoms with Crippen molar-refractivity contribution >= 4 is 21.7 Å². The molecule has 1 saturated heterocycles. The van der Waals surface area contributed by atoms with Crippen LogP contribution in [0.5, 0.6) is 11.5 Å². The van der Waals surface area contributed by atoms with E-state index in [1.807, 2.05) is 13.8 Å². The summed E-state index contributed by atoms with van der Waals surface area (Å²) < 4.78 is 22.2. The van der Waals surface area contributed by atoms with E-state index in [0.717, 1.165) is 0 Å². The minimum absolute atomic E-state index is 0.141. The predicted octanol–water partition coefficient (Wildman–Crippen LogP) is 1.26. The molecule has 0 amide bonds. The Kier molecular flexibility index (Phi) is 6.11. The zero-order valence-electron chi connectivity index (χ0n) is 17.9. The molecule has 2 aromatic carbocycles. The van der Waals surface area contributed by atoms with Gasteiger partial charge in [-0.15, -0.1) is 0 Å². The maximum absolute atomic E-state index is 12.7. The van der Waals surface area contributed by atoms with Gasteiger partial charge in [-0.3, -0.25) is 0 Å². The first kappa shape index (κ1) is 22.5. The minimum atomic E-state index is -1.56. The lowest BCUT2D eigenvalue weighted by atomic mass is 9.96. The first-order valence-corrected chi connectivity index (χ1v) is 10.3. The Bertz CT molecular complexity index is 1180. The van der Waals surface area contributed by atoms with Crippen LogP contribution in [0.3, 0.4) is 0 Å². The van der Waals surface area contributed by atoms with Crippen molar-refractivity contribution < 1.29 is 39.1 Å². The summed E-state index contributed by atoms with van der Waals surface area (Å²) >= 11 is 0. The maximum Gasteiger partial charge on any atom is 0.344 e. The molecule has 1 aromatic heterocycles. The summed E-state index contributed by atoms with van der Waals surface area (Å²) in [5, 5.41) is 41.6. The summed E-state index contributed by atoms with van der Waals surface area (Å²) in [5.74, 6) is 0.682. The first-order chi connectivity index (χ1) is 15.3. The molecule has 4 rings (SSSR count). The zero-order valence-corrected chi connectivity index (χ0v) is 17.9. The van der Waals surface area contributed by atoms with Gasteiger partial charge < -0.3 is 39.1 Å². The summed E-state index contributed by atoms with van der Waals surface area (Å²) in [6.07, 6.45) is -7.06. The van der Waals surface area contributed by atoms with Crippen molar-refractivity contribution in [2.24, 2.45) is 0 Å². The second-order valence-electron chi connectivity index (χ2n) is 8.12. The van der Waals surface area contributed by atoms with E-state index in [0.29, 0.717) is 33.1 Å². The lowest BCUT2D eigenvalue weighted by Gasteiger charge is -2.39. The third kappa shape index (κ3) is 3.72. The van der Waals surface area contributed by atoms with E-state index < -0.39 is 42.9 Å². The number of hydrogen-bond acceptors (Lipinski definition) is 9. The second-order valence-corrected chi connectivity index (χ2v) is 8.12. The molecule has 5 atom stereocenters. The second kappa shape index (κ2) is 8.68. The van der Waals surface area contributed by atoms with Crippen LogP contribution in [-0.4, -0.2) is 64.8 Å². The van der Waals surface area contributed by atoms with Crippen LogP contribution in [0, 0.1) is 0 Å². The lowest BCUT2D eigenvalue weighted by molar-refractivity contribution is -0.277. The van der Waals surface area contributed by atoms with Gasteiger partial charge >= 0.3 is 5.63 Å². The number of fused-ring (bicyclic) bond motifs is 3. The van der Waals surface area contributed by atoms with Gasteiger partial charge in [0.1, 0.15) is 41.5 Å². The number of rotatable bonds is 5. The Morgan fingerprint density at radius 1 is 1.00 bits per heavy atom. The number of aliphatic hydroxyl groups is 4. The van der Waals surface area contributed by atoms with Gasteiger partial charge in [0.2, 0.25) is 6.29 Å².